The third-order valence-electron chi connectivity index (χ3n) is 5.13. The number of ether oxygens (including phenoxy) is 1. The van der Waals surface area contributed by atoms with Crippen LogP contribution in [0, 0.1) is 30.4 Å². The number of aliphatic hydroxyl groups excluding tert-OH is 1. The second kappa shape index (κ2) is 57.5. The third-order valence-corrected chi connectivity index (χ3v) is 5.13. The van der Waals surface area contributed by atoms with Crippen molar-refractivity contribution in [2.45, 2.75) is 109 Å². The lowest BCUT2D eigenvalue weighted by Gasteiger charge is -2.06. The number of aliphatic imine (C=N–C) groups is 1. The van der Waals surface area contributed by atoms with Gasteiger partial charge in [-0.15, -0.1) is 26.0 Å². The predicted molar refractivity (Wildman–Crippen MR) is 226 cm³/mol. The van der Waals surface area contributed by atoms with Crippen molar-refractivity contribution in [2.75, 3.05) is 26.9 Å². The number of terminal acetylenes is 1. The zero-order valence-electron chi connectivity index (χ0n) is 34.5. The molecule has 0 aromatic heterocycles. The highest BCUT2D eigenvalue weighted by Gasteiger charge is 2.07. The molecule has 0 amide bonds. The van der Waals surface area contributed by atoms with Crippen molar-refractivity contribution in [1.29, 1.82) is 0 Å². The molecule has 0 aliphatic heterocycles. The molecule has 288 valence electrons. The Morgan fingerprint density at radius 1 is 0.980 bits per heavy atom. The number of halogens is 2. The Balaban J connectivity index is -0.000000103. The average molecular weight is 703 g/mol. The number of hydrogen-bond acceptors (Lipinski definition) is 4. The van der Waals surface area contributed by atoms with Gasteiger partial charge in [-0.1, -0.05) is 110 Å². The zero-order chi connectivity index (χ0) is 40.6. The first-order valence-corrected chi connectivity index (χ1v) is 17.7. The molecule has 2 N–H and O–H groups in total. The van der Waals surface area contributed by atoms with E-state index in [2.05, 4.69) is 94.4 Å². The van der Waals surface area contributed by atoms with Gasteiger partial charge < -0.3 is 15.2 Å². The first-order valence-electron chi connectivity index (χ1n) is 17.7. The smallest absolute Gasteiger partial charge is 0.135 e. The fraction of sp³-hybridized carbons (Fsp3) is 0.477. The van der Waals surface area contributed by atoms with Gasteiger partial charge in [-0.05, 0) is 77.5 Å². The minimum atomic E-state index is -0.624. The van der Waals surface area contributed by atoms with Gasteiger partial charge in [-0.25, -0.2) is 8.78 Å². The lowest BCUT2D eigenvalue weighted by Crippen LogP contribution is -2.09. The van der Waals surface area contributed by atoms with Gasteiger partial charge in [0.2, 0.25) is 0 Å². The molecule has 6 heteroatoms. The number of nitrogens with one attached hydrogen (secondary N) is 1. The van der Waals surface area contributed by atoms with Crippen molar-refractivity contribution in [3.05, 3.63) is 115 Å². The summed E-state index contributed by atoms with van der Waals surface area (Å²) in [6.45, 7) is 35.6. The molecule has 1 aromatic carbocycles. The average Bonchev–Trinajstić information content (AvgIpc) is 3.14. The molecule has 1 rings (SSSR count). The first-order chi connectivity index (χ1) is 24.1. The van der Waals surface area contributed by atoms with Crippen molar-refractivity contribution in [2.24, 2.45) is 10.9 Å². The minimum Gasteiger partial charge on any atom is -0.400 e. The van der Waals surface area contributed by atoms with Gasteiger partial charge in [-0.2, -0.15) is 0 Å². The zero-order valence-corrected chi connectivity index (χ0v) is 34.5. The van der Waals surface area contributed by atoms with E-state index in [-0.39, 0.29) is 5.56 Å². The van der Waals surface area contributed by atoms with E-state index >= 15 is 0 Å². The minimum absolute atomic E-state index is 0.269. The number of aliphatic hydroxyl groups is 1. The van der Waals surface area contributed by atoms with Crippen molar-refractivity contribution in [3.63, 3.8) is 0 Å². The first kappa shape index (κ1) is 61.4. The normalized spacial score (nSPS) is 10.4. The molecule has 0 radical (unpaired) electrons. The van der Waals surface area contributed by atoms with Gasteiger partial charge in [0.05, 0.1) is 12.3 Å². The Labute approximate surface area is 309 Å². The number of rotatable bonds is 14. The highest BCUT2D eigenvalue weighted by molar-refractivity contribution is 5.72. The third kappa shape index (κ3) is 51.1. The van der Waals surface area contributed by atoms with E-state index in [1.807, 2.05) is 73.6 Å². The summed E-state index contributed by atoms with van der Waals surface area (Å²) in [6, 6.07) is 3.45. The topological polar surface area (TPSA) is 53.8 Å². The standard InChI is InChI=1S/C15H18F2N2.C12H20O.2C5H10.2C2H6.C2H2.CH4O/c1-4-11(3)9-18-10-15(19-5-2)13-7-6-12(16)8-14(13)17;1-4-8-12(9-5-2)10-7-11-13-6-3;1-4-5(2)3;1-3-5-4-2;4*1-2/h4-8,10,18H,9H2,1-3H3;4,7,9-10H,1,5-6,8,11H2,2-3H3;4-5H,1H2,2-3H3;3,5H,4H2,1-2H3;2*1-2H3;1-2H;2H,1H3/b11-4+,15-10-,19-5?;10-7-,12-9-;;5-3+;;;;. The molecular formula is C44H76F2N2O2. The van der Waals surface area contributed by atoms with Gasteiger partial charge >= 0.3 is 0 Å². The van der Waals surface area contributed by atoms with Crippen LogP contribution in [-0.2, 0) is 4.74 Å². The fourth-order valence-corrected chi connectivity index (χ4v) is 2.70. The van der Waals surface area contributed by atoms with Crippen molar-refractivity contribution in [3.8, 4) is 12.8 Å². The van der Waals surface area contributed by atoms with Crippen LogP contribution in [0.5, 0.6) is 0 Å². The molecule has 0 heterocycles. The molecule has 0 aliphatic carbocycles. The summed E-state index contributed by atoms with van der Waals surface area (Å²) in [7, 11) is 1.00. The van der Waals surface area contributed by atoms with Crippen molar-refractivity contribution >= 4 is 11.9 Å². The predicted octanol–water partition coefficient (Wildman–Crippen LogP) is 13.1. The van der Waals surface area contributed by atoms with Crippen LogP contribution in [0.15, 0.2) is 102 Å². The van der Waals surface area contributed by atoms with E-state index in [1.165, 1.54) is 17.7 Å². The molecule has 1 aromatic rings. The van der Waals surface area contributed by atoms with Gasteiger partial charge in [0.15, 0.2) is 0 Å². The molecule has 4 nitrogen and oxygen atoms in total. The summed E-state index contributed by atoms with van der Waals surface area (Å²) < 4.78 is 31.8. The largest absolute Gasteiger partial charge is 0.400 e. The maximum absolute atomic E-state index is 13.7. The number of hydrogen-bond donors (Lipinski definition) is 2. The second-order valence-corrected chi connectivity index (χ2v) is 9.26. The van der Waals surface area contributed by atoms with E-state index in [0.717, 1.165) is 44.6 Å². The highest BCUT2D eigenvalue weighted by Crippen LogP contribution is 2.19. The van der Waals surface area contributed by atoms with Gasteiger partial charge in [0.1, 0.15) is 11.6 Å². The van der Waals surface area contributed by atoms with E-state index in [4.69, 9.17) is 9.84 Å². The Morgan fingerprint density at radius 3 is 1.90 bits per heavy atom. The summed E-state index contributed by atoms with van der Waals surface area (Å²) in [5.74, 6) is -0.574. The SMILES string of the molecule is C#C.C/C=C/CC.C=CC(C)C.C=CCC(/C=C\COCC)=C/CC.CC.CC.CC=N/C(=C\NC/C(C)=C/C)c1ccc(F)cc1F.CO. The summed E-state index contributed by atoms with van der Waals surface area (Å²) in [5.41, 5.74) is 3.18. The molecule has 0 aliphatic rings. The Hall–Kier alpha value is -3.79. The lowest BCUT2D eigenvalue weighted by molar-refractivity contribution is 0.177. The second-order valence-electron chi connectivity index (χ2n) is 9.26. The molecule has 0 saturated carbocycles. The van der Waals surface area contributed by atoms with Crippen LogP contribution >= 0.6 is 0 Å². The fourth-order valence-electron chi connectivity index (χ4n) is 2.70. The van der Waals surface area contributed by atoms with E-state index in [0.29, 0.717) is 24.8 Å². The number of benzene rings is 1. The summed E-state index contributed by atoms with van der Waals surface area (Å²) in [5, 5.41) is 10.1. The molecular weight excluding hydrogens is 626 g/mol. The van der Waals surface area contributed by atoms with E-state index in [9.17, 15) is 8.78 Å². The number of nitrogens with zero attached hydrogens (tertiary/aromatic N) is 1. The Bertz CT molecular complexity index is 1050. The van der Waals surface area contributed by atoms with Crippen LogP contribution < -0.4 is 5.32 Å². The van der Waals surface area contributed by atoms with Crippen molar-refractivity contribution < 1.29 is 18.6 Å². The Kier molecular flexibility index (Phi) is 70.6. The van der Waals surface area contributed by atoms with Crippen LogP contribution in [0.1, 0.15) is 115 Å². The monoisotopic (exact) mass is 703 g/mol. The quantitative estimate of drug-likeness (QED) is 0.0667. The van der Waals surface area contributed by atoms with Gasteiger partial charge in [-0.3, -0.25) is 4.99 Å². The molecule has 0 unspecified atom stereocenters. The Morgan fingerprint density at radius 2 is 1.54 bits per heavy atom. The van der Waals surface area contributed by atoms with E-state index < -0.39 is 11.6 Å². The lowest BCUT2D eigenvalue weighted by atomic mass is 10.1. The molecule has 50 heavy (non-hydrogen) atoms. The summed E-state index contributed by atoms with van der Waals surface area (Å²) in [6.07, 6.45) is 30.8. The molecule has 0 spiro atoms. The maximum atomic E-state index is 13.7. The van der Waals surface area contributed by atoms with Crippen LogP contribution in [0.3, 0.4) is 0 Å². The number of allylic oxidation sites excluding steroid dienone is 8. The highest BCUT2D eigenvalue weighted by atomic mass is 19.1. The molecule has 0 fully saturated rings. The van der Waals surface area contributed by atoms with Gasteiger partial charge in [0, 0.05) is 44.3 Å². The van der Waals surface area contributed by atoms with Crippen LogP contribution in [0.25, 0.3) is 5.70 Å². The van der Waals surface area contributed by atoms with Crippen LogP contribution in [0.2, 0.25) is 0 Å². The summed E-state index contributed by atoms with van der Waals surface area (Å²) in [4.78, 5) is 4.10. The molecule has 0 bridgehead atoms. The van der Waals surface area contributed by atoms with Crippen molar-refractivity contribution in [1.82, 2.24) is 5.32 Å². The van der Waals surface area contributed by atoms with Crippen LogP contribution in [0.4, 0.5) is 8.78 Å². The van der Waals surface area contributed by atoms with Gasteiger partial charge in [0.25, 0.3) is 0 Å². The van der Waals surface area contributed by atoms with E-state index in [1.54, 1.807) is 19.3 Å². The molecule has 0 atom stereocenters. The summed E-state index contributed by atoms with van der Waals surface area (Å²) >= 11 is 0. The van der Waals surface area contributed by atoms with Crippen LogP contribution in [-0.4, -0.2) is 38.2 Å². The molecule has 0 saturated heterocycles. The maximum Gasteiger partial charge on any atom is 0.135 e.